The molecule has 4 rings (SSSR count). The molecule has 4 nitrogen and oxygen atoms in total. The number of para-hydroxylation sites is 3. The largest absolute Gasteiger partial charge is 0.478 e. The summed E-state index contributed by atoms with van der Waals surface area (Å²) in [5, 5.41) is 12.6. The molecule has 1 aliphatic rings. The molecule has 0 atom stereocenters. The van der Waals surface area contributed by atoms with Crippen molar-refractivity contribution in [3.8, 4) is 0 Å². The van der Waals surface area contributed by atoms with Gasteiger partial charge in [-0.3, -0.25) is 0 Å². The average Bonchev–Trinajstić information content (AvgIpc) is 2.88. The molecule has 2 N–H and O–H groups in total. The number of aryl methyl sites for hydroxylation is 2. The Morgan fingerprint density at radius 3 is 2.07 bits per heavy atom. The minimum Gasteiger partial charge on any atom is -0.478 e. The van der Waals surface area contributed by atoms with Crippen molar-refractivity contribution in [2.24, 2.45) is 0 Å². The molecule has 0 radical (unpaired) electrons. The Labute approximate surface area is 165 Å². The lowest BCUT2D eigenvalue weighted by Gasteiger charge is -2.27. The maximum Gasteiger partial charge on any atom is 0.337 e. The number of rotatable bonds is 6. The number of aromatic carboxylic acids is 1. The van der Waals surface area contributed by atoms with Gasteiger partial charge in [-0.1, -0.05) is 48.5 Å². The Morgan fingerprint density at radius 1 is 0.857 bits per heavy atom. The van der Waals surface area contributed by atoms with Crippen LogP contribution in [0.5, 0.6) is 0 Å². The summed E-state index contributed by atoms with van der Waals surface area (Å²) >= 11 is 0. The van der Waals surface area contributed by atoms with E-state index in [2.05, 4.69) is 58.7 Å². The minimum absolute atomic E-state index is 0.313. The maximum absolute atomic E-state index is 11.4. The van der Waals surface area contributed by atoms with Crippen molar-refractivity contribution in [1.82, 2.24) is 0 Å². The third-order valence-electron chi connectivity index (χ3n) is 5.26. The second-order valence-corrected chi connectivity index (χ2v) is 7.04. The second-order valence-electron chi connectivity index (χ2n) is 7.04. The van der Waals surface area contributed by atoms with Crippen molar-refractivity contribution in [3.05, 3.63) is 89.5 Å². The number of hydrogen-bond acceptors (Lipinski definition) is 3. The lowest BCUT2D eigenvalue weighted by atomic mass is 10.0. The molecule has 0 spiro atoms. The number of carboxylic acid groups (broad SMARTS) is 1. The second kappa shape index (κ2) is 8.17. The van der Waals surface area contributed by atoms with Crippen LogP contribution in [-0.4, -0.2) is 24.2 Å². The van der Waals surface area contributed by atoms with Gasteiger partial charge in [0.25, 0.3) is 0 Å². The van der Waals surface area contributed by atoms with Gasteiger partial charge >= 0.3 is 5.97 Å². The lowest BCUT2D eigenvalue weighted by molar-refractivity contribution is 0.0698. The molecule has 0 fully saturated rings. The van der Waals surface area contributed by atoms with E-state index in [9.17, 15) is 9.90 Å². The fraction of sp³-hybridized carbons (Fsp3) is 0.208. The molecule has 0 saturated carbocycles. The molecule has 1 heterocycles. The average molecular weight is 372 g/mol. The van der Waals surface area contributed by atoms with E-state index in [1.807, 2.05) is 12.1 Å². The fourth-order valence-electron chi connectivity index (χ4n) is 3.90. The molecular weight excluding hydrogens is 348 g/mol. The monoisotopic (exact) mass is 372 g/mol. The molecule has 0 amide bonds. The van der Waals surface area contributed by atoms with Crippen LogP contribution in [0.3, 0.4) is 0 Å². The lowest BCUT2D eigenvalue weighted by Crippen LogP contribution is -2.22. The number of hydrogen-bond donors (Lipinski definition) is 2. The SMILES string of the molecule is O=C(O)c1ccccc1NCCCN1c2ccccc2CCc2ccccc21. The van der Waals surface area contributed by atoms with Crippen LogP contribution < -0.4 is 10.2 Å². The first kappa shape index (κ1) is 18.1. The summed E-state index contributed by atoms with van der Waals surface area (Å²) in [7, 11) is 0. The van der Waals surface area contributed by atoms with E-state index in [1.165, 1.54) is 22.5 Å². The Morgan fingerprint density at radius 2 is 1.43 bits per heavy atom. The fourth-order valence-corrected chi connectivity index (χ4v) is 3.90. The van der Waals surface area contributed by atoms with Crippen molar-refractivity contribution < 1.29 is 9.90 Å². The first-order valence-electron chi connectivity index (χ1n) is 9.73. The van der Waals surface area contributed by atoms with Crippen LogP contribution in [0.1, 0.15) is 27.9 Å². The summed E-state index contributed by atoms with van der Waals surface area (Å²) < 4.78 is 0. The van der Waals surface area contributed by atoms with Crippen LogP contribution in [-0.2, 0) is 12.8 Å². The first-order valence-corrected chi connectivity index (χ1v) is 9.73. The molecule has 0 bridgehead atoms. The molecule has 4 heteroatoms. The van der Waals surface area contributed by atoms with Gasteiger partial charge in [-0.25, -0.2) is 4.79 Å². The van der Waals surface area contributed by atoms with Gasteiger partial charge in [0.15, 0.2) is 0 Å². The van der Waals surface area contributed by atoms with E-state index in [-0.39, 0.29) is 0 Å². The number of anilines is 3. The highest BCUT2D eigenvalue weighted by molar-refractivity contribution is 5.94. The first-order chi connectivity index (χ1) is 13.7. The smallest absolute Gasteiger partial charge is 0.337 e. The molecule has 0 unspecified atom stereocenters. The van der Waals surface area contributed by atoms with Crippen LogP contribution in [0.15, 0.2) is 72.8 Å². The molecule has 28 heavy (non-hydrogen) atoms. The van der Waals surface area contributed by atoms with Gasteiger partial charge in [0.05, 0.1) is 5.56 Å². The summed E-state index contributed by atoms with van der Waals surface area (Å²) in [6.07, 6.45) is 3.00. The molecule has 142 valence electrons. The van der Waals surface area contributed by atoms with E-state index in [1.54, 1.807) is 12.1 Å². The van der Waals surface area contributed by atoms with E-state index in [0.717, 1.165) is 25.8 Å². The van der Waals surface area contributed by atoms with Crippen LogP contribution in [0.4, 0.5) is 17.1 Å². The van der Waals surface area contributed by atoms with Crippen molar-refractivity contribution >= 4 is 23.0 Å². The number of nitrogens with one attached hydrogen (secondary N) is 1. The summed E-state index contributed by atoms with van der Waals surface area (Å²) in [6, 6.07) is 24.3. The highest BCUT2D eigenvalue weighted by Crippen LogP contribution is 2.35. The summed E-state index contributed by atoms with van der Waals surface area (Å²) in [5.41, 5.74) is 6.29. The van der Waals surface area contributed by atoms with Gasteiger partial charge in [-0.05, 0) is 54.7 Å². The number of fused-ring (bicyclic) bond motifs is 2. The highest BCUT2D eigenvalue weighted by atomic mass is 16.4. The summed E-state index contributed by atoms with van der Waals surface area (Å²) in [6.45, 7) is 1.58. The molecule has 0 aromatic heterocycles. The van der Waals surface area contributed by atoms with Gasteiger partial charge < -0.3 is 15.3 Å². The zero-order valence-electron chi connectivity index (χ0n) is 15.8. The third kappa shape index (κ3) is 3.72. The van der Waals surface area contributed by atoms with Crippen LogP contribution in [0.25, 0.3) is 0 Å². The summed E-state index contributed by atoms with van der Waals surface area (Å²) in [4.78, 5) is 13.8. The Bertz CT molecular complexity index is 936. The summed E-state index contributed by atoms with van der Waals surface area (Å²) in [5.74, 6) is -0.904. The molecular formula is C24H24N2O2. The zero-order chi connectivity index (χ0) is 19.3. The van der Waals surface area contributed by atoms with Crippen molar-refractivity contribution in [1.29, 1.82) is 0 Å². The number of benzene rings is 3. The van der Waals surface area contributed by atoms with E-state index < -0.39 is 5.97 Å². The number of carbonyl (C=O) groups is 1. The van der Waals surface area contributed by atoms with E-state index in [0.29, 0.717) is 17.8 Å². The highest BCUT2D eigenvalue weighted by Gasteiger charge is 2.19. The number of carboxylic acids is 1. The molecule has 3 aromatic carbocycles. The molecule has 3 aromatic rings. The quantitative estimate of drug-likeness (QED) is 0.590. The van der Waals surface area contributed by atoms with Crippen LogP contribution >= 0.6 is 0 Å². The van der Waals surface area contributed by atoms with Gasteiger partial charge in [-0.15, -0.1) is 0 Å². The van der Waals surface area contributed by atoms with Crippen molar-refractivity contribution in [2.45, 2.75) is 19.3 Å². The van der Waals surface area contributed by atoms with Gasteiger partial charge in [-0.2, -0.15) is 0 Å². The molecule has 0 aliphatic carbocycles. The van der Waals surface area contributed by atoms with E-state index >= 15 is 0 Å². The third-order valence-corrected chi connectivity index (χ3v) is 5.26. The minimum atomic E-state index is -0.904. The Kier molecular flexibility index (Phi) is 5.29. The van der Waals surface area contributed by atoms with Gasteiger partial charge in [0.2, 0.25) is 0 Å². The van der Waals surface area contributed by atoms with E-state index in [4.69, 9.17) is 0 Å². The predicted molar refractivity (Wildman–Crippen MR) is 114 cm³/mol. The number of nitrogens with zero attached hydrogens (tertiary/aromatic N) is 1. The predicted octanol–water partition coefficient (Wildman–Crippen LogP) is 5.12. The van der Waals surface area contributed by atoms with Crippen molar-refractivity contribution in [3.63, 3.8) is 0 Å². The maximum atomic E-state index is 11.4. The van der Waals surface area contributed by atoms with Crippen LogP contribution in [0, 0.1) is 0 Å². The van der Waals surface area contributed by atoms with Gasteiger partial charge in [0, 0.05) is 30.2 Å². The zero-order valence-corrected chi connectivity index (χ0v) is 15.8. The standard InChI is InChI=1S/C24H24N2O2/c27-24(28)20-10-3-4-11-21(20)25-16-7-17-26-22-12-5-1-8-18(22)14-15-19-9-2-6-13-23(19)26/h1-6,8-13,25H,7,14-17H2,(H,27,28). The topological polar surface area (TPSA) is 52.6 Å². The van der Waals surface area contributed by atoms with Crippen molar-refractivity contribution in [2.75, 3.05) is 23.3 Å². The normalized spacial score (nSPS) is 12.6. The van der Waals surface area contributed by atoms with Crippen LogP contribution in [0.2, 0.25) is 0 Å². The molecule has 0 saturated heterocycles. The van der Waals surface area contributed by atoms with Gasteiger partial charge in [0.1, 0.15) is 0 Å². The Balaban J connectivity index is 1.50. The molecule has 1 aliphatic heterocycles. The Hall–Kier alpha value is -3.27.